The maximum absolute atomic E-state index is 11.9. The molecule has 0 aliphatic rings. The van der Waals surface area contributed by atoms with Crippen molar-refractivity contribution in [2.24, 2.45) is 0 Å². The molecule has 0 bridgehead atoms. The van der Waals surface area contributed by atoms with E-state index >= 15 is 0 Å². The molecular weight excluding hydrogens is 284 g/mol. The Morgan fingerprint density at radius 2 is 1.95 bits per heavy atom. The number of nitrogens with zero attached hydrogens (tertiary/aromatic N) is 3. The van der Waals surface area contributed by atoms with E-state index in [2.05, 4.69) is 15.0 Å². The number of aromatic nitrogens is 3. The molecule has 0 radical (unpaired) electrons. The lowest BCUT2D eigenvalue weighted by Crippen LogP contribution is -2.11. The molecule has 110 valence electrons. The van der Waals surface area contributed by atoms with Gasteiger partial charge in [0.2, 0.25) is 5.89 Å². The van der Waals surface area contributed by atoms with Crippen LogP contribution in [0.5, 0.6) is 0 Å². The summed E-state index contributed by atoms with van der Waals surface area (Å²) in [5.41, 5.74) is 6.88. The number of hydrogen-bond acceptors (Lipinski definition) is 7. The van der Waals surface area contributed by atoms with Gasteiger partial charge >= 0.3 is 5.97 Å². The second-order valence-corrected chi connectivity index (χ2v) is 4.38. The summed E-state index contributed by atoms with van der Waals surface area (Å²) in [6.07, 6.45) is 4.21. The Labute approximate surface area is 125 Å². The summed E-state index contributed by atoms with van der Waals surface area (Å²) in [7, 11) is 0. The van der Waals surface area contributed by atoms with Gasteiger partial charge in [-0.15, -0.1) is 0 Å². The first-order valence-corrected chi connectivity index (χ1v) is 6.47. The maximum Gasteiger partial charge on any atom is 0.361 e. The standard InChI is InChI=1S/C15H12N4O3/c16-13-12(17-6-7-18-13)15(20)22-9-11-8-21-14(19-11)10-4-2-1-3-5-10/h1-8H,9H2,(H2,16,18). The first-order valence-electron chi connectivity index (χ1n) is 6.47. The maximum atomic E-state index is 11.9. The molecule has 2 aromatic heterocycles. The molecule has 1 aromatic carbocycles. The van der Waals surface area contributed by atoms with Crippen LogP contribution in [-0.4, -0.2) is 20.9 Å². The van der Waals surface area contributed by atoms with E-state index in [0.29, 0.717) is 11.6 Å². The Kier molecular flexibility index (Phi) is 3.78. The van der Waals surface area contributed by atoms with Crippen molar-refractivity contribution in [3.05, 3.63) is 60.4 Å². The number of nitrogens with two attached hydrogens (primary N) is 1. The number of ether oxygens (including phenoxy) is 1. The van der Waals surface area contributed by atoms with Crippen molar-refractivity contribution < 1.29 is 13.9 Å². The molecule has 0 aliphatic carbocycles. The van der Waals surface area contributed by atoms with Crippen LogP contribution in [0.1, 0.15) is 16.2 Å². The summed E-state index contributed by atoms with van der Waals surface area (Å²) in [5, 5.41) is 0. The molecule has 0 atom stereocenters. The average molecular weight is 296 g/mol. The van der Waals surface area contributed by atoms with Gasteiger partial charge in [0, 0.05) is 18.0 Å². The van der Waals surface area contributed by atoms with Gasteiger partial charge in [-0.3, -0.25) is 0 Å². The van der Waals surface area contributed by atoms with Crippen molar-refractivity contribution >= 4 is 11.8 Å². The van der Waals surface area contributed by atoms with E-state index in [1.165, 1.54) is 18.7 Å². The fourth-order valence-corrected chi connectivity index (χ4v) is 1.80. The molecule has 7 nitrogen and oxygen atoms in total. The molecule has 22 heavy (non-hydrogen) atoms. The molecule has 0 saturated heterocycles. The predicted octanol–water partition coefficient (Wildman–Crippen LogP) is 2.07. The van der Waals surface area contributed by atoms with E-state index in [1.54, 1.807) is 0 Å². The number of benzene rings is 1. The fourth-order valence-electron chi connectivity index (χ4n) is 1.80. The van der Waals surface area contributed by atoms with Crippen LogP contribution < -0.4 is 5.73 Å². The molecule has 2 N–H and O–H groups in total. The summed E-state index contributed by atoms with van der Waals surface area (Å²) in [5.74, 6) is -0.168. The Bertz CT molecular complexity index is 786. The number of carbonyl (C=O) groups excluding carboxylic acids is 1. The van der Waals surface area contributed by atoms with Crippen LogP contribution >= 0.6 is 0 Å². The molecule has 0 aliphatic heterocycles. The highest BCUT2D eigenvalue weighted by Gasteiger charge is 2.15. The average Bonchev–Trinajstić information content (AvgIpc) is 3.03. The van der Waals surface area contributed by atoms with Crippen LogP contribution in [0.3, 0.4) is 0 Å². The van der Waals surface area contributed by atoms with Crippen molar-refractivity contribution in [2.75, 3.05) is 5.73 Å². The van der Waals surface area contributed by atoms with Gasteiger partial charge in [0.1, 0.15) is 18.6 Å². The quantitative estimate of drug-likeness (QED) is 0.735. The first-order chi connectivity index (χ1) is 10.7. The third kappa shape index (κ3) is 2.93. The number of nitrogen functional groups attached to an aromatic ring is 1. The molecule has 0 fully saturated rings. The normalized spacial score (nSPS) is 10.4. The number of carbonyl (C=O) groups is 1. The SMILES string of the molecule is Nc1nccnc1C(=O)OCc1coc(-c2ccccc2)n1. The number of oxazole rings is 1. The Balaban J connectivity index is 1.67. The first kappa shape index (κ1) is 13.7. The molecule has 0 amide bonds. The minimum Gasteiger partial charge on any atom is -0.454 e. The number of hydrogen-bond donors (Lipinski definition) is 1. The van der Waals surface area contributed by atoms with Crippen LogP contribution in [0.2, 0.25) is 0 Å². The van der Waals surface area contributed by atoms with Crippen molar-refractivity contribution in [1.82, 2.24) is 15.0 Å². The lowest BCUT2D eigenvalue weighted by molar-refractivity contribution is 0.0461. The Hall–Kier alpha value is -3.22. The molecule has 3 aromatic rings. The fraction of sp³-hybridized carbons (Fsp3) is 0.0667. The van der Waals surface area contributed by atoms with Gasteiger partial charge in [0.15, 0.2) is 11.5 Å². The van der Waals surface area contributed by atoms with Crippen molar-refractivity contribution in [2.45, 2.75) is 6.61 Å². The highest BCUT2D eigenvalue weighted by Crippen LogP contribution is 2.18. The van der Waals surface area contributed by atoms with Gasteiger partial charge in [0.05, 0.1) is 0 Å². The van der Waals surface area contributed by atoms with Gasteiger partial charge in [-0.05, 0) is 12.1 Å². The van der Waals surface area contributed by atoms with Crippen LogP contribution in [0.25, 0.3) is 11.5 Å². The van der Waals surface area contributed by atoms with Crippen LogP contribution in [0, 0.1) is 0 Å². The van der Waals surface area contributed by atoms with Crippen molar-refractivity contribution in [3.8, 4) is 11.5 Å². The molecule has 0 spiro atoms. The molecule has 7 heteroatoms. The predicted molar refractivity (Wildman–Crippen MR) is 77.5 cm³/mol. The van der Waals surface area contributed by atoms with E-state index in [0.717, 1.165) is 5.56 Å². The number of anilines is 1. The third-order valence-electron chi connectivity index (χ3n) is 2.84. The molecule has 2 heterocycles. The Morgan fingerprint density at radius 1 is 1.18 bits per heavy atom. The lowest BCUT2D eigenvalue weighted by atomic mass is 10.2. The summed E-state index contributed by atoms with van der Waals surface area (Å²) < 4.78 is 10.5. The van der Waals surface area contributed by atoms with Gasteiger partial charge in [-0.1, -0.05) is 18.2 Å². The zero-order chi connectivity index (χ0) is 15.4. The summed E-state index contributed by atoms with van der Waals surface area (Å²) >= 11 is 0. The second kappa shape index (κ2) is 6.04. The Morgan fingerprint density at radius 3 is 2.73 bits per heavy atom. The minimum absolute atomic E-state index is 0.0192. The van der Waals surface area contributed by atoms with E-state index in [1.807, 2.05) is 30.3 Å². The van der Waals surface area contributed by atoms with Crippen LogP contribution in [-0.2, 0) is 11.3 Å². The van der Waals surface area contributed by atoms with E-state index < -0.39 is 5.97 Å². The molecule has 3 rings (SSSR count). The molecule has 0 saturated carbocycles. The highest BCUT2D eigenvalue weighted by molar-refractivity contribution is 5.91. The van der Waals surface area contributed by atoms with E-state index in [4.69, 9.17) is 14.9 Å². The van der Waals surface area contributed by atoms with Gasteiger partial charge in [-0.2, -0.15) is 0 Å². The largest absolute Gasteiger partial charge is 0.454 e. The monoisotopic (exact) mass is 296 g/mol. The number of esters is 1. The van der Waals surface area contributed by atoms with Crippen LogP contribution in [0.4, 0.5) is 5.82 Å². The third-order valence-corrected chi connectivity index (χ3v) is 2.84. The summed E-state index contributed by atoms with van der Waals surface area (Å²) in [4.78, 5) is 23.7. The van der Waals surface area contributed by atoms with Gasteiger partial charge in [-0.25, -0.2) is 19.7 Å². The molecular formula is C15H12N4O3. The number of rotatable bonds is 4. The summed E-state index contributed by atoms with van der Waals surface area (Å²) in [6, 6.07) is 9.43. The molecule has 0 unspecified atom stereocenters. The zero-order valence-electron chi connectivity index (χ0n) is 11.5. The smallest absolute Gasteiger partial charge is 0.361 e. The second-order valence-electron chi connectivity index (χ2n) is 4.38. The lowest BCUT2D eigenvalue weighted by Gasteiger charge is -2.03. The van der Waals surface area contributed by atoms with E-state index in [9.17, 15) is 4.79 Å². The van der Waals surface area contributed by atoms with Crippen molar-refractivity contribution in [1.29, 1.82) is 0 Å². The summed E-state index contributed by atoms with van der Waals surface area (Å²) in [6.45, 7) is -0.0365. The minimum atomic E-state index is -0.658. The van der Waals surface area contributed by atoms with Crippen molar-refractivity contribution in [3.63, 3.8) is 0 Å². The van der Waals surface area contributed by atoms with E-state index in [-0.39, 0.29) is 18.1 Å². The van der Waals surface area contributed by atoms with Crippen LogP contribution in [0.15, 0.2) is 53.4 Å². The topological polar surface area (TPSA) is 104 Å². The zero-order valence-corrected chi connectivity index (χ0v) is 11.5. The van der Waals surface area contributed by atoms with Gasteiger partial charge in [0.25, 0.3) is 0 Å². The highest BCUT2D eigenvalue weighted by atomic mass is 16.5. The van der Waals surface area contributed by atoms with Gasteiger partial charge < -0.3 is 14.9 Å².